The van der Waals surface area contributed by atoms with Crippen LogP contribution in [0, 0.1) is 33.3 Å². The van der Waals surface area contributed by atoms with Crippen LogP contribution in [-0.4, -0.2) is 30.2 Å². The Morgan fingerprint density at radius 2 is 2.22 bits per heavy atom. The van der Waals surface area contributed by atoms with Crippen molar-refractivity contribution in [3.05, 3.63) is 64.8 Å². The fraction of sp³-hybridized carbons (Fsp3) is 0.476. The van der Waals surface area contributed by atoms with Crippen LogP contribution in [0.4, 0.5) is 5.69 Å². The molecule has 1 heterocycles. The summed E-state index contributed by atoms with van der Waals surface area (Å²) in [4.78, 5) is 23.6. The van der Waals surface area contributed by atoms with Crippen molar-refractivity contribution < 1.29 is 19.2 Å². The van der Waals surface area contributed by atoms with E-state index in [0.717, 1.165) is 0 Å². The Bertz CT molecular complexity index is 819. The van der Waals surface area contributed by atoms with Gasteiger partial charge in [0.2, 0.25) is 0 Å². The number of ether oxygens (including phenoxy) is 2. The molecule has 6 nitrogen and oxygen atoms in total. The molecular weight excluding hydrogens is 346 g/mol. The maximum Gasteiger partial charge on any atom is 0.306 e. The highest BCUT2D eigenvalue weighted by molar-refractivity contribution is 5.71. The molecule has 27 heavy (non-hydrogen) atoms. The summed E-state index contributed by atoms with van der Waals surface area (Å²) < 4.78 is 11.1. The van der Waals surface area contributed by atoms with Crippen molar-refractivity contribution in [2.24, 2.45) is 23.2 Å². The van der Waals surface area contributed by atoms with E-state index in [1.54, 1.807) is 19.1 Å². The molecule has 1 saturated heterocycles. The molecule has 0 radical (unpaired) electrons. The molecule has 2 aliphatic carbocycles. The van der Waals surface area contributed by atoms with Crippen LogP contribution in [0.1, 0.15) is 24.8 Å². The lowest BCUT2D eigenvalue weighted by atomic mass is 9.60. The lowest BCUT2D eigenvalue weighted by Gasteiger charge is -2.43. The van der Waals surface area contributed by atoms with Gasteiger partial charge in [-0.05, 0) is 12.8 Å². The topological polar surface area (TPSA) is 78.7 Å². The molecule has 1 saturated carbocycles. The van der Waals surface area contributed by atoms with Crippen LogP contribution in [0.15, 0.2) is 49.1 Å². The number of para-hydroxylation sites is 1. The van der Waals surface area contributed by atoms with Gasteiger partial charge < -0.3 is 9.47 Å². The van der Waals surface area contributed by atoms with Gasteiger partial charge in [-0.25, -0.2) is 0 Å². The second-order valence-corrected chi connectivity index (χ2v) is 7.54. The van der Waals surface area contributed by atoms with Crippen LogP contribution in [0.25, 0.3) is 0 Å². The molecule has 1 aromatic carbocycles. The lowest BCUT2D eigenvalue weighted by molar-refractivity contribution is -0.385. The maximum absolute atomic E-state index is 12.4. The van der Waals surface area contributed by atoms with Crippen LogP contribution in [0.3, 0.4) is 0 Å². The van der Waals surface area contributed by atoms with Crippen molar-refractivity contribution in [2.45, 2.75) is 25.4 Å². The van der Waals surface area contributed by atoms with Gasteiger partial charge >= 0.3 is 5.97 Å². The first-order valence-corrected chi connectivity index (χ1v) is 9.36. The number of rotatable bonds is 6. The Hall–Kier alpha value is -2.47. The highest BCUT2D eigenvalue weighted by Gasteiger charge is 2.66. The minimum atomic E-state index is -0.513. The number of hydrogen-bond acceptors (Lipinski definition) is 5. The van der Waals surface area contributed by atoms with Gasteiger partial charge in [0.15, 0.2) is 0 Å². The predicted molar refractivity (Wildman–Crippen MR) is 99.1 cm³/mol. The number of allylic oxidation sites excluding steroid dienone is 3. The van der Waals surface area contributed by atoms with Crippen molar-refractivity contribution in [1.29, 1.82) is 0 Å². The zero-order valence-corrected chi connectivity index (χ0v) is 15.2. The van der Waals surface area contributed by atoms with Crippen molar-refractivity contribution in [2.75, 3.05) is 13.2 Å². The van der Waals surface area contributed by atoms with E-state index in [4.69, 9.17) is 9.47 Å². The maximum atomic E-state index is 12.4. The van der Waals surface area contributed by atoms with Crippen LogP contribution in [0.5, 0.6) is 0 Å². The summed E-state index contributed by atoms with van der Waals surface area (Å²) in [6.07, 6.45) is 6.24. The van der Waals surface area contributed by atoms with Crippen molar-refractivity contribution in [3.8, 4) is 0 Å². The van der Waals surface area contributed by atoms with E-state index in [9.17, 15) is 14.9 Å². The number of benzene rings is 1. The Balaban J connectivity index is 1.80. The quantitative estimate of drug-likeness (QED) is 0.331. The van der Waals surface area contributed by atoms with E-state index in [-0.39, 0.29) is 46.9 Å². The average Bonchev–Trinajstić information content (AvgIpc) is 2.72. The molecular formula is C21H23NO5. The summed E-state index contributed by atoms with van der Waals surface area (Å²) in [5, 5.41) is 11.6. The number of fused-ring (bicyclic) bond motifs is 5. The summed E-state index contributed by atoms with van der Waals surface area (Å²) in [7, 11) is 0. The van der Waals surface area contributed by atoms with Gasteiger partial charge in [0.25, 0.3) is 5.69 Å². The summed E-state index contributed by atoms with van der Waals surface area (Å²) in [5.41, 5.74) is 0.247. The zero-order valence-electron chi connectivity index (χ0n) is 15.2. The van der Waals surface area contributed by atoms with Gasteiger partial charge in [0.05, 0.1) is 30.7 Å². The Labute approximate surface area is 158 Å². The third-order valence-corrected chi connectivity index (χ3v) is 6.50. The number of nitro groups is 1. The molecule has 0 N–H and O–H groups in total. The summed E-state index contributed by atoms with van der Waals surface area (Å²) >= 11 is 0. The first-order chi connectivity index (χ1) is 13.0. The summed E-state index contributed by atoms with van der Waals surface area (Å²) in [6.45, 7) is 6.83. The molecule has 1 aromatic rings. The van der Waals surface area contributed by atoms with Gasteiger partial charge in [0, 0.05) is 34.8 Å². The van der Waals surface area contributed by atoms with Gasteiger partial charge in [-0.1, -0.05) is 36.4 Å². The minimum Gasteiger partial charge on any atom is -0.466 e. The predicted octanol–water partition coefficient (Wildman–Crippen LogP) is 3.63. The highest BCUT2D eigenvalue weighted by Crippen LogP contribution is 2.66. The molecule has 142 valence electrons. The number of esters is 1. The van der Waals surface area contributed by atoms with E-state index in [1.165, 1.54) is 6.07 Å². The van der Waals surface area contributed by atoms with E-state index in [2.05, 4.69) is 18.7 Å². The van der Waals surface area contributed by atoms with Crippen LogP contribution in [0.2, 0.25) is 0 Å². The molecule has 2 bridgehead atoms. The summed E-state index contributed by atoms with van der Waals surface area (Å²) in [5.74, 6) is -0.0845. The Morgan fingerprint density at radius 3 is 2.85 bits per heavy atom. The molecule has 2 fully saturated rings. The fourth-order valence-corrected chi connectivity index (χ4v) is 5.42. The van der Waals surface area contributed by atoms with E-state index in [1.807, 2.05) is 12.1 Å². The standard InChI is InChI=1S/C21H23NO5/c1-3-21(11-18(23)26-4-2)16-10-9-14(19(21)20-15(16)12-27-20)13-7-5-6-8-17(13)22(24)25/h3,5-10,14-16,19-20H,1,4,11-12H2,2H3/t14-,15-,16+,19-,20-,21?/m0/s1. The van der Waals surface area contributed by atoms with Crippen LogP contribution in [-0.2, 0) is 14.3 Å². The van der Waals surface area contributed by atoms with Gasteiger partial charge in [-0.3, -0.25) is 14.9 Å². The molecule has 0 spiro atoms. The fourth-order valence-electron chi connectivity index (χ4n) is 5.42. The number of nitro benzene ring substituents is 1. The molecule has 4 rings (SSSR count). The SMILES string of the molecule is C=CC1(CC(=O)OCC)[C@@H]2[C@H]3OC[C@H]3[C@H]1C=C[C@H]2c1ccccc1[N+](=O)[O-]. The summed E-state index contributed by atoms with van der Waals surface area (Å²) in [6, 6.07) is 6.83. The second-order valence-electron chi connectivity index (χ2n) is 7.54. The molecule has 1 unspecified atom stereocenters. The third kappa shape index (κ3) is 2.54. The molecule has 0 aromatic heterocycles. The first-order valence-electron chi connectivity index (χ1n) is 9.36. The van der Waals surface area contributed by atoms with Gasteiger partial charge in [0.1, 0.15) is 0 Å². The highest BCUT2D eigenvalue weighted by atomic mass is 16.6. The average molecular weight is 369 g/mol. The first kappa shape index (κ1) is 17.9. The van der Waals surface area contributed by atoms with Gasteiger partial charge in [-0.2, -0.15) is 0 Å². The number of hydrogen-bond donors (Lipinski definition) is 0. The number of nitrogens with zero attached hydrogens (tertiary/aromatic N) is 1. The number of carbonyl (C=O) groups excluding carboxylic acids is 1. The van der Waals surface area contributed by atoms with Crippen molar-refractivity contribution in [3.63, 3.8) is 0 Å². The lowest BCUT2D eigenvalue weighted by Crippen LogP contribution is -2.43. The van der Waals surface area contributed by atoms with E-state index >= 15 is 0 Å². The van der Waals surface area contributed by atoms with E-state index in [0.29, 0.717) is 24.7 Å². The normalized spacial score (nSPS) is 35.8. The van der Waals surface area contributed by atoms with Gasteiger partial charge in [-0.15, -0.1) is 6.58 Å². The van der Waals surface area contributed by atoms with Crippen molar-refractivity contribution in [1.82, 2.24) is 0 Å². The third-order valence-electron chi connectivity index (χ3n) is 6.50. The van der Waals surface area contributed by atoms with Crippen LogP contribution < -0.4 is 0 Å². The largest absolute Gasteiger partial charge is 0.466 e. The van der Waals surface area contributed by atoms with Crippen LogP contribution >= 0.6 is 0 Å². The Morgan fingerprint density at radius 1 is 1.44 bits per heavy atom. The Kier molecular flexibility index (Phi) is 4.38. The molecule has 1 aliphatic heterocycles. The second kappa shape index (κ2) is 6.60. The molecule has 3 aliphatic rings. The van der Waals surface area contributed by atoms with E-state index < -0.39 is 5.41 Å². The molecule has 0 amide bonds. The molecule has 6 atom stereocenters. The zero-order chi connectivity index (χ0) is 19.2. The monoisotopic (exact) mass is 369 g/mol. The number of carbonyl (C=O) groups is 1. The molecule has 6 heteroatoms. The minimum absolute atomic E-state index is 0.0257. The smallest absolute Gasteiger partial charge is 0.306 e. The van der Waals surface area contributed by atoms with Crippen molar-refractivity contribution >= 4 is 11.7 Å².